The molecule has 9 nitrogen and oxygen atoms in total. The smallest absolute Gasteiger partial charge is 0.259 e. The average Bonchev–Trinajstić information content (AvgIpc) is 3.23. The van der Waals surface area contributed by atoms with E-state index >= 15 is 0 Å². The molecular weight excluding hydrogens is 482 g/mol. The second-order valence-electron chi connectivity index (χ2n) is 8.14. The summed E-state index contributed by atoms with van der Waals surface area (Å²) >= 11 is 6.32. The van der Waals surface area contributed by atoms with E-state index in [1.165, 1.54) is 7.11 Å². The highest BCUT2D eigenvalue weighted by Crippen LogP contribution is 2.42. The summed E-state index contributed by atoms with van der Waals surface area (Å²) in [5, 5.41) is 4.19. The Morgan fingerprint density at radius 2 is 2.08 bits per heavy atom. The number of fused-ring (bicyclic) bond motifs is 1. The maximum absolute atomic E-state index is 12.8. The lowest BCUT2D eigenvalue weighted by Crippen LogP contribution is -2.31. The van der Waals surface area contributed by atoms with Gasteiger partial charge in [-0.2, -0.15) is 0 Å². The van der Waals surface area contributed by atoms with Gasteiger partial charge in [-0.3, -0.25) is 14.6 Å². The monoisotopic (exact) mass is 507 g/mol. The molecule has 4 aromatic rings. The SMILES string of the molecule is C=C(C)C(=O)N(C)CCOc1cnccc1-c1[nH]c2cc[nH]c(=O)c2c1Nc1cccc(Cl)c1OC. The number of likely N-dealkylation sites (N-methyl/N-ethyl adjacent to an activating group) is 1. The summed E-state index contributed by atoms with van der Waals surface area (Å²) in [4.78, 5) is 36.7. The summed E-state index contributed by atoms with van der Waals surface area (Å²) in [6.07, 6.45) is 4.81. The molecule has 4 rings (SSSR count). The van der Waals surface area contributed by atoms with Gasteiger partial charge in [0.05, 0.1) is 52.8 Å². The number of ether oxygens (including phenoxy) is 2. The van der Waals surface area contributed by atoms with Crippen molar-refractivity contribution in [2.45, 2.75) is 6.92 Å². The van der Waals surface area contributed by atoms with Gasteiger partial charge >= 0.3 is 0 Å². The number of para-hydroxylation sites is 1. The number of rotatable bonds is 9. The summed E-state index contributed by atoms with van der Waals surface area (Å²) in [5.41, 5.74) is 3.23. The van der Waals surface area contributed by atoms with Crippen LogP contribution in [-0.4, -0.2) is 53.1 Å². The number of hydrogen-bond donors (Lipinski definition) is 3. The minimum absolute atomic E-state index is 0.151. The van der Waals surface area contributed by atoms with Gasteiger partial charge in [0.1, 0.15) is 12.4 Å². The highest BCUT2D eigenvalue weighted by atomic mass is 35.5. The molecule has 0 spiro atoms. The van der Waals surface area contributed by atoms with Crippen LogP contribution < -0.4 is 20.3 Å². The number of halogens is 1. The number of methoxy groups -OCH3 is 1. The van der Waals surface area contributed by atoms with Gasteiger partial charge in [-0.1, -0.05) is 24.2 Å². The Hall–Kier alpha value is -4.24. The Morgan fingerprint density at radius 1 is 1.28 bits per heavy atom. The number of nitrogens with one attached hydrogen (secondary N) is 3. The van der Waals surface area contributed by atoms with Gasteiger partial charge in [0.25, 0.3) is 5.56 Å². The third-order valence-electron chi connectivity index (χ3n) is 5.60. The maximum Gasteiger partial charge on any atom is 0.259 e. The third kappa shape index (κ3) is 4.92. The largest absolute Gasteiger partial charge is 0.493 e. The van der Waals surface area contributed by atoms with Crippen LogP contribution in [0.4, 0.5) is 11.4 Å². The number of benzene rings is 1. The average molecular weight is 508 g/mol. The number of pyridine rings is 2. The van der Waals surface area contributed by atoms with E-state index in [4.69, 9.17) is 21.1 Å². The van der Waals surface area contributed by atoms with Crippen molar-refractivity contribution in [3.8, 4) is 22.8 Å². The Kier molecular flexibility index (Phi) is 7.30. The van der Waals surface area contributed by atoms with Crippen LogP contribution in [0.1, 0.15) is 6.92 Å². The Balaban J connectivity index is 1.75. The van der Waals surface area contributed by atoms with Crippen molar-refractivity contribution >= 4 is 39.8 Å². The highest BCUT2D eigenvalue weighted by molar-refractivity contribution is 6.32. The molecule has 3 N–H and O–H groups in total. The van der Waals surface area contributed by atoms with Gasteiger partial charge in [-0.05, 0) is 31.2 Å². The Morgan fingerprint density at radius 3 is 2.83 bits per heavy atom. The Labute approximate surface area is 212 Å². The molecule has 1 aromatic carbocycles. The van der Waals surface area contributed by atoms with Crippen LogP contribution in [0, 0.1) is 0 Å². The maximum atomic E-state index is 12.8. The first kappa shape index (κ1) is 24.9. The van der Waals surface area contributed by atoms with E-state index in [1.807, 2.05) is 6.07 Å². The predicted molar refractivity (Wildman–Crippen MR) is 141 cm³/mol. The number of amides is 1. The molecular formula is C26H26ClN5O4. The van der Waals surface area contributed by atoms with Crippen molar-refractivity contribution in [3.05, 3.63) is 76.5 Å². The van der Waals surface area contributed by atoms with Crippen molar-refractivity contribution in [3.63, 3.8) is 0 Å². The minimum Gasteiger partial charge on any atom is -0.493 e. The predicted octanol–water partition coefficient (Wildman–Crippen LogP) is 4.74. The van der Waals surface area contributed by atoms with E-state index < -0.39 is 0 Å². The molecule has 0 saturated carbocycles. The topological polar surface area (TPSA) is 112 Å². The lowest BCUT2D eigenvalue weighted by Gasteiger charge is -2.18. The van der Waals surface area contributed by atoms with Crippen molar-refractivity contribution in [1.29, 1.82) is 0 Å². The zero-order chi connectivity index (χ0) is 25.8. The fourth-order valence-electron chi connectivity index (χ4n) is 3.85. The molecule has 3 heterocycles. The first-order chi connectivity index (χ1) is 17.3. The van der Waals surface area contributed by atoms with E-state index in [1.54, 1.807) is 61.7 Å². The number of carbonyl (C=O) groups excluding carboxylic acids is 1. The number of nitrogens with zero attached hydrogens (tertiary/aromatic N) is 2. The molecule has 0 aliphatic rings. The lowest BCUT2D eigenvalue weighted by atomic mass is 10.1. The third-order valence-corrected chi connectivity index (χ3v) is 5.90. The zero-order valence-corrected chi connectivity index (χ0v) is 20.9. The first-order valence-corrected chi connectivity index (χ1v) is 11.5. The zero-order valence-electron chi connectivity index (χ0n) is 20.1. The molecule has 0 saturated heterocycles. The van der Waals surface area contributed by atoms with Crippen molar-refractivity contribution < 1.29 is 14.3 Å². The molecule has 36 heavy (non-hydrogen) atoms. The highest BCUT2D eigenvalue weighted by Gasteiger charge is 2.21. The number of carbonyl (C=O) groups is 1. The summed E-state index contributed by atoms with van der Waals surface area (Å²) in [6, 6.07) is 8.88. The second-order valence-corrected chi connectivity index (χ2v) is 8.55. The number of aromatic nitrogens is 3. The molecule has 10 heteroatoms. The van der Waals surface area contributed by atoms with Gasteiger partial charge in [0.2, 0.25) is 5.91 Å². The van der Waals surface area contributed by atoms with E-state index in [2.05, 4.69) is 26.8 Å². The quantitative estimate of drug-likeness (QED) is 0.282. The van der Waals surface area contributed by atoms with E-state index in [0.29, 0.717) is 62.2 Å². The van der Waals surface area contributed by atoms with Crippen molar-refractivity contribution in [2.75, 3.05) is 32.6 Å². The summed E-state index contributed by atoms with van der Waals surface area (Å²) in [6.45, 7) is 5.95. The molecule has 0 aliphatic heterocycles. The van der Waals surface area contributed by atoms with E-state index in [-0.39, 0.29) is 18.1 Å². The lowest BCUT2D eigenvalue weighted by molar-refractivity contribution is -0.126. The number of H-pyrrole nitrogens is 2. The summed E-state index contributed by atoms with van der Waals surface area (Å²) < 4.78 is 11.5. The normalized spacial score (nSPS) is 10.8. The van der Waals surface area contributed by atoms with Crippen LogP contribution in [0.2, 0.25) is 5.02 Å². The van der Waals surface area contributed by atoms with Crippen LogP contribution in [0.25, 0.3) is 22.2 Å². The molecule has 0 unspecified atom stereocenters. The molecule has 1 amide bonds. The molecule has 186 valence electrons. The molecule has 0 bridgehead atoms. The summed E-state index contributed by atoms with van der Waals surface area (Å²) in [7, 11) is 3.22. The van der Waals surface area contributed by atoms with Gasteiger partial charge in [-0.15, -0.1) is 0 Å². The van der Waals surface area contributed by atoms with Gasteiger partial charge < -0.3 is 29.7 Å². The van der Waals surface area contributed by atoms with Crippen LogP contribution in [0.3, 0.4) is 0 Å². The van der Waals surface area contributed by atoms with Crippen LogP contribution in [-0.2, 0) is 4.79 Å². The van der Waals surface area contributed by atoms with Crippen molar-refractivity contribution in [1.82, 2.24) is 19.9 Å². The fourth-order valence-corrected chi connectivity index (χ4v) is 4.10. The van der Waals surface area contributed by atoms with Gasteiger partial charge in [-0.25, -0.2) is 0 Å². The molecule has 3 aromatic heterocycles. The van der Waals surface area contributed by atoms with Crippen molar-refractivity contribution in [2.24, 2.45) is 0 Å². The molecule has 0 atom stereocenters. The van der Waals surface area contributed by atoms with Crippen LogP contribution in [0.15, 0.2) is 65.9 Å². The van der Waals surface area contributed by atoms with Gasteiger partial charge in [0, 0.05) is 30.6 Å². The minimum atomic E-state index is -0.269. The molecule has 0 fully saturated rings. The summed E-state index contributed by atoms with van der Waals surface area (Å²) in [5.74, 6) is 0.780. The first-order valence-electron chi connectivity index (χ1n) is 11.1. The Bertz CT molecular complexity index is 1490. The fraction of sp³-hybridized carbons (Fsp3) is 0.192. The van der Waals surface area contributed by atoms with Crippen LogP contribution in [0.5, 0.6) is 11.5 Å². The number of aromatic amines is 2. The molecule has 0 radical (unpaired) electrons. The molecule has 0 aliphatic carbocycles. The van der Waals surface area contributed by atoms with E-state index in [0.717, 1.165) is 0 Å². The number of anilines is 2. The van der Waals surface area contributed by atoms with E-state index in [9.17, 15) is 9.59 Å². The van der Waals surface area contributed by atoms with Crippen LogP contribution >= 0.6 is 11.6 Å². The second kappa shape index (κ2) is 10.6. The number of hydrogen-bond acceptors (Lipinski definition) is 6. The van der Waals surface area contributed by atoms with Gasteiger partial charge in [0.15, 0.2) is 5.75 Å². The standard InChI is InChI=1S/C26H26ClN5O4/c1-15(2)26(34)32(3)12-13-36-20-14-28-10-8-16(20)22-23(21-18(30-22)9-11-29-25(21)33)31-19-7-5-6-17(27)24(19)35-4/h5-11,14,30-31H,1,12-13H2,2-4H3,(H,29,33).